The van der Waals surface area contributed by atoms with E-state index in [1.165, 1.54) is 12.4 Å². The molecule has 1 heterocycles. The SMILES string of the molecule is CCN(CCCl)C(=O)c1ccnnc1. The molecule has 0 bridgehead atoms. The number of hydrogen-bond acceptors (Lipinski definition) is 3. The molecule has 76 valence electrons. The van der Waals surface area contributed by atoms with Gasteiger partial charge in [0.15, 0.2) is 0 Å². The summed E-state index contributed by atoms with van der Waals surface area (Å²) in [7, 11) is 0. The zero-order chi connectivity index (χ0) is 10.4. The summed E-state index contributed by atoms with van der Waals surface area (Å²) < 4.78 is 0. The molecule has 0 aromatic carbocycles. The summed E-state index contributed by atoms with van der Waals surface area (Å²) in [6, 6.07) is 1.65. The largest absolute Gasteiger partial charge is 0.338 e. The molecule has 0 saturated heterocycles. The van der Waals surface area contributed by atoms with E-state index >= 15 is 0 Å². The van der Waals surface area contributed by atoms with Crippen molar-refractivity contribution < 1.29 is 4.79 Å². The number of nitrogens with zero attached hydrogens (tertiary/aromatic N) is 3. The lowest BCUT2D eigenvalue weighted by molar-refractivity contribution is 0.0773. The lowest BCUT2D eigenvalue weighted by Gasteiger charge is -2.18. The average molecular weight is 214 g/mol. The van der Waals surface area contributed by atoms with E-state index in [9.17, 15) is 4.79 Å². The molecule has 0 aliphatic heterocycles. The van der Waals surface area contributed by atoms with Gasteiger partial charge in [0, 0.05) is 19.0 Å². The molecule has 0 fully saturated rings. The fourth-order valence-corrected chi connectivity index (χ4v) is 1.31. The number of aromatic nitrogens is 2. The number of hydrogen-bond donors (Lipinski definition) is 0. The van der Waals surface area contributed by atoms with Gasteiger partial charge in [0.25, 0.3) is 5.91 Å². The number of rotatable bonds is 4. The number of carbonyl (C=O) groups excluding carboxylic acids is 1. The third-order valence-corrected chi connectivity index (χ3v) is 2.02. The molecule has 1 aromatic heterocycles. The second kappa shape index (κ2) is 5.54. The van der Waals surface area contributed by atoms with Crippen molar-refractivity contribution in [2.75, 3.05) is 19.0 Å². The number of carbonyl (C=O) groups is 1. The van der Waals surface area contributed by atoms with Crippen LogP contribution < -0.4 is 0 Å². The van der Waals surface area contributed by atoms with Crippen molar-refractivity contribution in [1.29, 1.82) is 0 Å². The Morgan fingerprint density at radius 2 is 2.36 bits per heavy atom. The van der Waals surface area contributed by atoms with Gasteiger partial charge in [0.1, 0.15) is 0 Å². The molecule has 1 rings (SSSR count). The van der Waals surface area contributed by atoms with Gasteiger partial charge >= 0.3 is 0 Å². The normalized spacial score (nSPS) is 9.86. The molecule has 14 heavy (non-hydrogen) atoms. The van der Waals surface area contributed by atoms with E-state index < -0.39 is 0 Å². The van der Waals surface area contributed by atoms with Crippen LogP contribution in [0.3, 0.4) is 0 Å². The second-order valence-electron chi connectivity index (χ2n) is 2.70. The average Bonchev–Trinajstić information content (AvgIpc) is 2.26. The minimum atomic E-state index is -0.0527. The van der Waals surface area contributed by atoms with E-state index in [1.807, 2.05) is 6.92 Å². The van der Waals surface area contributed by atoms with Crippen molar-refractivity contribution in [3.05, 3.63) is 24.0 Å². The standard InChI is InChI=1S/C9H12ClN3O/c1-2-13(6-4-10)9(14)8-3-5-11-12-7-8/h3,5,7H,2,4,6H2,1H3. The Morgan fingerprint density at radius 3 is 2.86 bits per heavy atom. The van der Waals surface area contributed by atoms with Gasteiger partial charge in [-0.1, -0.05) is 0 Å². The molecule has 0 aliphatic rings. The Balaban J connectivity index is 2.73. The van der Waals surface area contributed by atoms with E-state index in [0.29, 0.717) is 24.5 Å². The summed E-state index contributed by atoms with van der Waals surface area (Å²) in [4.78, 5) is 13.4. The maximum absolute atomic E-state index is 11.8. The van der Waals surface area contributed by atoms with E-state index in [2.05, 4.69) is 10.2 Å². The molecule has 0 atom stereocenters. The highest BCUT2D eigenvalue weighted by molar-refractivity contribution is 6.18. The van der Waals surface area contributed by atoms with Gasteiger partial charge < -0.3 is 4.90 Å². The molecule has 1 aromatic rings. The summed E-state index contributed by atoms with van der Waals surface area (Å²) in [5, 5.41) is 7.26. The first-order valence-corrected chi connectivity index (χ1v) is 4.95. The molecule has 0 radical (unpaired) electrons. The number of halogens is 1. The Kier molecular flexibility index (Phi) is 4.32. The summed E-state index contributed by atoms with van der Waals surface area (Å²) in [6.45, 7) is 3.12. The first-order valence-electron chi connectivity index (χ1n) is 4.41. The number of amides is 1. The lowest BCUT2D eigenvalue weighted by Crippen LogP contribution is -2.32. The van der Waals surface area contributed by atoms with Crippen molar-refractivity contribution in [2.45, 2.75) is 6.92 Å². The minimum absolute atomic E-state index is 0.0527. The van der Waals surface area contributed by atoms with E-state index in [-0.39, 0.29) is 5.91 Å². The molecule has 5 heteroatoms. The fraction of sp³-hybridized carbons (Fsp3) is 0.444. The van der Waals surface area contributed by atoms with Crippen LogP contribution in [0, 0.1) is 0 Å². The van der Waals surface area contributed by atoms with Crippen LogP contribution in [0.15, 0.2) is 18.5 Å². The zero-order valence-electron chi connectivity index (χ0n) is 7.98. The first-order chi connectivity index (χ1) is 6.79. The molecule has 1 amide bonds. The Bertz CT molecular complexity index is 291. The van der Waals surface area contributed by atoms with Crippen LogP contribution in [-0.2, 0) is 0 Å². The van der Waals surface area contributed by atoms with Crippen LogP contribution in [0.2, 0.25) is 0 Å². The Labute approximate surface area is 87.9 Å². The predicted molar refractivity (Wildman–Crippen MR) is 54.3 cm³/mol. The predicted octanol–water partition coefficient (Wildman–Crippen LogP) is 1.18. The van der Waals surface area contributed by atoms with Crippen molar-refractivity contribution >= 4 is 17.5 Å². The fourth-order valence-electron chi connectivity index (χ4n) is 1.11. The summed E-state index contributed by atoms with van der Waals surface area (Å²) >= 11 is 5.58. The maximum atomic E-state index is 11.8. The van der Waals surface area contributed by atoms with Crippen LogP contribution in [0.25, 0.3) is 0 Å². The highest BCUT2D eigenvalue weighted by atomic mass is 35.5. The summed E-state index contributed by atoms with van der Waals surface area (Å²) in [5.41, 5.74) is 0.548. The highest BCUT2D eigenvalue weighted by Gasteiger charge is 2.12. The van der Waals surface area contributed by atoms with Crippen molar-refractivity contribution in [1.82, 2.24) is 15.1 Å². The van der Waals surface area contributed by atoms with Gasteiger partial charge in [-0.05, 0) is 13.0 Å². The van der Waals surface area contributed by atoms with Crippen LogP contribution in [0.5, 0.6) is 0 Å². The third kappa shape index (κ3) is 2.67. The quantitative estimate of drug-likeness (QED) is 0.706. The molecule has 0 N–H and O–H groups in total. The lowest BCUT2D eigenvalue weighted by atomic mass is 10.2. The maximum Gasteiger partial charge on any atom is 0.255 e. The zero-order valence-corrected chi connectivity index (χ0v) is 8.74. The van der Waals surface area contributed by atoms with E-state index in [1.54, 1.807) is 11.0 Å². The van der Waals surface area contributed by atoms with Crippen LogP contribution in [0.4, 0.5) is 0 Å². The monoisotopic (exact) mass is 213 g/mol. The van der Waals surface area contributed by atoms with E-state index in [4.69, 9.17) is 11.6 Å². The van der Waals surface area contributed by atoms with Crippen molar-refractivity contribution in [2.24, 2.45) is 0 Å². The van der Waals surface area contributed by atoms with E-state index in [0.717, 1.165) is 0 Å². The molecular weight excluding hydrogens is 202 g/mol. The van der Waals surface area contributed by atoms with Crippen LogP contribution in [0.1, 0.15) is 17.3 Å². The topological polar surface area (TPSA) is 46.1 Å². The second-order valence-corrected chi connectivity index (χ2v) is 3.08. The highest BCUT2D eigenvalue weighted by Crippen LogP contribution is 2.02. The van der Waals surface area contributed by atoms with Gasteiger partial charge in [0.2, 0.25) is 0 Å². The van der Waals surface area contributed by atoms with Crippen LogP contribution in [-0.4, -0.2) is 40.0 Å². The van der Waals surface area contributed by atoms with Crippen molar-refractivity contribution in [3.8, 4) is 0 Å². The smallest absolute Gasteiger partial charge is 0.255 e. The summed E-state index contributed by atoms with van der Waals surface area (Å²) in [6.07, 6.45) is 2.96. The minimum Gasteiger partial charge on any atom is -0.338 e. The van der Waals surface area contributed by atoms with Gasteiger partial charge in [-0.25, -0.2) is 0 Å². The Hall–Kier alpha value is -1.16. The molecule has 0 saturated carbocycles. The molecule has 0 spiro atoms. The van der Waals surface area contributed by atoms with Gasteiger partial charge in [-0.2, -0.15) is 10.2 Å². The van der Waals surface area contributed by atoms with Gasteiger partial charge in [0.05, 0.1) is 18.0 Å². The van der Waals surface area contributed by atoms with Crippen LogP contribution >= 0.6 is 11.6 Å². The first kappa shape index (κ1) is 10.9. The molecular formula is C9H12ClN3O. The third-order valence-electron chi connectivity index (χ3n) is 1.85. The molecule has 0 unspecified atom stereocenters. The summed E-state index contributed by atoms with van der Waals surface area (Å²) in [5.74, 6) is 0.390. The molecule has 4 nitrogen and oxygen atoms in total. The van der Waals surface area contributed by atoms with Crippen molar-refractivity contribution in [3.63, 3.8) is 0 Å². The Morgan fingerprint density at radius 1 is 1.57 bits per heavy atom. The van der Waals surface area contributed by atoms with Gasteiger partial charge in [-0.15, -0.1) is 11.6 Å². The van der Waals surface area contributed by atoms with Gasteiger partial charge in [-0.3, -0.25) is 4.79 Å². The number of alkyl halides is 1. The molecule has 0 aliphatic carbocycles.